The maximum absolute atomic E-state index is 6.10. The first-order chi connectivity index (χ1) is 9.19. The van der Waals surface area contributed by atoms with Crippen molar-refractivity contribution in [2.45, 2.75) is 13.3 Å². The molecular formula is C14H17Cl2N3. The van der Waals surface area contributed by atoms with Gasteiger partial charge in [0.1, 0.15) is 0 Å². The van der Waals surface area contributed by atoms with Crippen molar-refractivity contribution < 1.29 is 0 Å². The Morgan fingerprint density at radius 2 is 2.00 bits per heavy atom. The molecule has 0 saturated heterocycles. The Morgan fingerprint density at radius 1 is 1.32 bits per heavy atom. The highest BCUT2D eigenvalue weighted by molar-refractivity contribution is 6.35. The van der Waals surface area contributed by atoms with E-state index in [4.69, 9.17) is 29.6 Å². The van der Waals surface area contributed by atoms with E-state index in [-0.39, 0.29) is 0 Å². The van der Waals surface area contributed by atoms with Gasteiger partial charge >= 0.3 is 0 Å². The molecule has 0 saturated carbocycles. The van der Waals surface area contributed by atoms with Crippen molar-refractivity contribution in [2.24, 2.45) is 4.99 Å². The van der Waals surface area contributed by atoms with Gasteiger partial charge in [0.05, 0.1) is 6.54 Å². The fourth-order valence-corrected chi connectivity index (χ4v) is 2.11. The zero-order valence-corrected chi connectivity index (χ0v) is 12.4. The molecular weight excluding hydrogens is 281 g/mol. The summed E-state index contributed by atoms with van der Waals surface area (Å²) in [7, 11) is 0. The van der Waals surface area contributed by atoms with E-state index in [1.807, 2.05) is 25.1 Å². The molecule has 0 spiro atoms. The molecule has 0 aliphatic heterocycles. The standard InChI is InChI=1S/C14H17Cl2N3/c1-3-9-18-14(17-4-2)19-10-8-11-12(15)6-5-7-13(11)16/h1,5-7H,4,8-10H2,2H3,(H2,17,18,19). The summed E-state index contributed by atoms with van der Waals surface area (Å²) in [5.41, 5.74) is 0.919. The first-order valence-corrected chi connectivity index (χ1v) is 6.83. The molecule has 0 unspecified atom stereocenters. The van der Waals surface area contributed by atoms with Crippen LogP contribution in [-0.2, 0) is 6.42 Å². The van der Waals surface area contributed by atoms with Crippen LogP contribution in [0.2, 0.25) is 10.0 Å². The average Bonchev–Trinajstić information content (AvgIpc) is 2.39. The predicted octanol–water partition coefficient (Wildman–Crippen LogP) is 2.72. The zero-order valence-electron chi connectivity index (χ0n) is 10.8. The third kappa shape index (κ3) is 5.42. The van der Waals surface area contributed by atoms with Gasteiger partial charge < -0.3 is 10.6 Å². The lowest BCUT2D eigenvalue weighted by Gasteiger charge is -2.09. The largest absolute Gasteiger partial charge is 0.357 e. The molecule has 0 aromatic heterocycles. The fourth-order valence-electron chi connectivity index (χ4n) is 1.53. The van der Waals surface area contributed by atoms with Gasteiger partial charge in [0.2, 0.25) is 0 Å². The molecule has 0 heterocycles. The van der Waals surface area contributed by atoms with Gasteiger partial charge in [0.15, 0.2) is 5.96 Å². The first kappa shape index (κ1) is 15.7. The third-order valence-electron chi connectivity index (χ3n) is 2.40. The number of halogens is 2. The highest BCUT2D eigenvalue weighted by Crippen LogP contribution is 2.24. The van der Waals surface area contributed by atoms with Gasteiger partial charge in [-0.15, -0.1) is 6.42 Å². The number of aliphatic imine (C=N–C) groups is 1. The van der Waals surface area contributed by atoms with Crippen LogP contribution < -0.4 is 10.6 Å². The van der Waals surface area contributed by atoms with Crippen molar-refractivity contribution in [3.05, 3.63) is 33.8 Å². The van der Waals surface area contributed by atoms with Crippen LogP contribution in [0.25, 0.3) is 0 Å². The minimum atomic E-state index is 0.443. The monoisotopic (exact) mass is 297 g/mol. The summed E-state index contributed by atoms with van der Waals surface area (Å²) in [6.07, 6.45) is 5.89. The van der Waals surface area contributed by atoms with Crippen LogP contribution in [0.1, 0.15) is 12.5 Å². The summed E-state index contributed by atoms with van der Waals surface area (Å²) in [6.45, 7) is 3.81. The van der Waals surface area contributed by atoms with Crippen LogP contribution in [0, 0.1) is 12.3 Å². The second-order valence-corrected chi connectivity index (χ2v) is 4.58. The van der Waals surface area contributed by atoms with E-state index in [0.717, 1.165) is 12.1 Å². The Bertz CT molecular complexity index is 458. The molecule has 1 rings (SSSR count). The number of nitrogens with one attached hydrogen (secondary N) is 2. The Morgan fingerprint density at radius 3 is 2.58 bits per heavy atom. The van der Waals surface area contributed by atoms with Gasteiger partial charge in [-0.05, 0) is 31.0 Å². The summed E-state index contributed by atoms with van der Waals surface area (Å²) >= 11 is 12.2. The highest BCUT2D eigenvalue weighted by atomic mass is 35.5. The molecule has 0 aliphatic rings. The third-order valence-corrected chi connectivity index (χ3v) is 3.10. The number of hydrogen-bond acceptors (Lipinski definition) is 1. The van der Waals surface area contributed by atoms with Crippen molar-refractivity contribution in [2.75, 3.05) is 19.6 Å². The van der Waals surface area contributed by atoms with Gasteiger partial charge in [-0.3, -0.25) is 4.99 Å². The molecule has 1 aromatic carbocycles. The van der Waals surface area contributed by atoms with E-state index in [1.54, 1.807) is 0 Å². The van der Waals surface area contributed by atoms with Gasteiger partial charge in [-0.1, -0.05) is 35.2 Å². The molecule has 0 aliphatic carbocycles. The highest BCUT2D eigenvalue weighted by Gasteiger charge is 2.04. The maximum Gasteiger partial charge on any atom is 0.192 e. The molecule has 19 heavy (non-hydrogen) atoms. The van der Waals surface area contributed by atoms with Crippen molar-refractivity contribution in [3.8, 4) is 12.3 Å². The molecule has 5 heteroatoms. The average molecular weight is 298 g/mol. The van der Waals surface area contributed by atoms with Crippen LogP contribution in [0.15, 0.2) is 23.2 Å². The van der Waals surface area contributed by atoms with Crippen LogP contribution in [0.3, 0.4) is 0 Å². The minimum absolute atomic E-state index is 0.443. The Kier molecular flexibility index (Phi) is 7.17. The number of terminal acetylenes is 1. The molecule has 2 N–H and O–H groups in total. The summed E-state index contributed by atoms with van der Waals surface area (Å²) in [6, 6.07) is 5.48. The topological polar surface area (TPSA) is 36.4 Å². The smallest absolute Gasteiger partial charge is 0.192 e. The number of hydrogen-bond donors (Lipinski definition) is 2. The summed E-state index contributed by atoms with van der Waals surface area (Å²) in [4.78, 5) is 4.41. The molecule has 0 amide bonds. The van der Waals surface area contributed by atoms with Gasteiger partial charge in [0, 0.05) is 23.1 Å². The van der Waals surface area contributed by atoms with Gasteiger partial charge in [0.25, 0.3) is 0 Å². The van der Waals surface area contributed by atoms with Crippen molar-refractivity contribution in [3.63, 3.8) is 0 Å². The zero-order chi connectivity index (χ0) is 14.1. The quantitative estimate of drug-likeness (QED) is 0.498. The van der Waals surface area contributed by atoms with Crippen LogP contribution in [0.4, 0.5) is 0 Å². The second kappa shape index (κ2) is 8.68. The molecule has 0 bridgehead atoms. The van der Waals surface area contributed by atoms with Crippen LogP contribution in [-0.4, -0.2) is 25.6 Å². The maximum atomic E-state index is 6.10. The molecule has 0 radical (unpaired) electrons. The molecule has 102 valence electrons. The Balaban J connectivity index is 2.61. The van der Waals surface area contributed by atoms with E-state index in [9.17, 15) is 0 Å². The predicted molar refractivity (Wildman–Crippen MR) is 83.0 cm³/mol. The number of nitrogens with zero attached hydrogens (tertiary/aromatic N) is 1. The van der Waals surface area contributed by atoms with Crippen LogP contribution >= 0.6 is 23.2 Å². The van der Waals surface area contributed by atoms with Gasteiger partial charge in [-0.25, -0.2) is 0 Å². The Hall–Kier alpha value is -1.37. The molecule has 0 fully saturated rings. The fraction of sp³-hybridized carbons (Fsp3) is 0.357. The molecule has 3 nitrogen and oxygen atoms in total. The summed E-state index contributed by atoms with van der Waals surface area (Å²) in [5, 5.41) is 7.47. The SMILES string of the molecule is C#CCNC(=NCCc1c(Cl)cccc1Cl)NCC. The summed E-state index contributed by atoms with van der Waals surface area (Å²) in [5.74, 6) is 3.21. The van der Waals surface area contributed by atoms with E-state index in [0.29, 0.717) is 35.5 Å². The lowest BCUT2D eigenvalue weighted by Crippen LogP contribution is -2.37. The Labute approximate surface area is 124 Å². The lowest BCUT2D eigenvalue weighted by atomic mass is 10.1. The molecule has 1 aromatic rings. The number of benzene rings is 1. The second-order valence-electron chi connectivity index (χ2n) is 3.77. The van der Waals surface area contributed by atoms with E-state index >= 15 is 0 Å². The minimum Gasteiger partial charge on any atom is -0.357 e. The normalized spacial score (nSPS) is 10.9. The van der Waals surface area contributed by atoms with Crippen molar-refractivity contribution in [1.29, 1.82) is 0 Å². The number of rotatable bonds is 5. The number of guanidine groups is 1. The van der Waals surface area contributed by atoms with Crippen molar-refractivity contribution >= 4 is 29.2 Å². The van der Waals surface area contributed by atoms with Gasteiger partial charge in [-0.2, -0.15) is 0 Å². The van der Waals surface area contributed by atoms with Crippen molar-refractivity contribution in [1.82, 2.24) is 10.6 Å². The molecule has 0 atom stereocenters. The summed E-state index contributed by atoms with van der Waals surface area (Å²) < 4.78 is 0. The van der Waals surface area contributed by atoms with E-state index in [2.05, 4.69) is 21.5 Å². The first-order valence-electron chi connectivity index (χ1n) is 6.07. The van der Waals surface area contributed by atoms with Crippen LogP contribution in [0.5, 0.6) is 0 Å². The van der Waals surface area contributed by atoms with E-state index in [1.165, 1.54) is 0 Å². The lowest BCUT2D eigenvalue weighted by molar-refractivity contribution is 0.855. The van der Waals surface area contributed by atoms with E-state index < -0.39 is 0 Å².